The van der Waals surface area contributed by atoms with E-state index in [0.29, 0.717) is 5.92 Å². The maximum Gasteiger partial charge on any atom is 0.243 e. The van der Waals surface area contributed by atoms with E-state index in [4.69, 9.17) is 0 Å². The fourth-order valence-corrected chi connectivity index (χ4v) is 2.48. The number of carbonyl (C=O) groups excluding carboxylic acids is 1. The molecule has 1 amide bonds. The third kappa shape index (κ3) is 17.3. The van der Waals surface area contributed by atoms with Gasteiger partial charge in [0.1, 0.15) is 0 Å². The molecule has 0 radical (unpaired) electrons. The van der Waals surface area contributed by atoms with Crippen molar-refractivity contribution in [2.45, 2.75) is 97.8 Å². The highest BCUT2D eigenvalue weighted by molar-refractivity contribution is 5.87. The predicted molar refractivity (Wildman–Crippen MR) is 98.1 cm³/mol. The molecule has 0 aliphatic rings. The van der Waals surface area contributed by atoms with Crippen molar-refractivity contribution in [2.75, 3.05) is 6.54 Å². The Morgan fingerprint density at radius 2 is 1.36 bits per heavy atom. The van der Waals surface area contributed by atoms with Crippen LogP contribution in [0.5, 0.6) is 0 Å². The van der Waals surface area contributed by atoms with Crippen molar-refractivity contribution < 1.29 is 4.79 Å². The minimum atomic E-state index is 0.0526. The standard InChI is InChI=1S/C20H39NO/c1-4-5-6-7-8-9-10-11-12-13-14-15-16-17-20(22)21-18-19(2)3/h16-17,19H,4-15,18H2,1-3H3,(H,21,22)/b17-16+. The van der Waals surface area contributed by atoms with Crippen LogP contribution in [-0.2, 0) is 4.79 Å². The lowest BCUT2D eigenvalue weighted by atomic mass is 10.1. The van der Waals surface area contributed by atoms with Crippen molar-refractivity contribution in [1.29, 1.82) is 0 Å². The lowest BCUT2D eigenvalue weighted by Crippen LogP contribution is -2.25. The van der Waals surface area contributed by atoms with Crippen LogP contribution in [0.4, 0.5) is 0 Å². The Labute approximate surface area is 139 Å². The molecule has 0 aliphatic heterocycles. The highest BCUT2D eigenvalue weighted by Crippen LogP contribution is 2.11. The van der Waals surface area contributed by atoms with Gasteiger partial charge in [0.25, 0.3) is 0 Å². The first-order valence-electron chi connectivity index (χ1n) is 9.61. The van der Waals surface area contributed by atoms with Gasteiger partial charge in [-0.25, -0.2) is 0 Å². The summed E-state index contributed by atoms with van der Waals surface area (Å²) in [4.78, 5) is 11.5. The zero-order chi connectivity index (χ0) is 16.5. The molecule has 0 spiro atoms. The van der Waals surface area contributed by atoms with E-state index in [9.17, 15) is 4.79 Å². The van der Waals surface area contributed by atoms with Crippen molar-refractivity contribution in [3.05, 3.63) is 12.2 Å². The Bertz CT molecular complexity index is 271. The van der Waals surface area contributed by atoms with Gasteiger partial charge < -0.3 is 5.32 Å². The van der Waals surface area contributed by atoms with E-state index in [0.717, 1.165) is 13.0 Å². The summed E-state index contributed by atoms with van der Waals surface area (Å²) in [6.07, 6.45) is 19.8. The van der Waals surface area contributed by atoms with Gasteiger partial charge in [0.2, 0.25) is 5.91 Å². The highest BCUT2D eigenvalue weighted by atomic mass is 16.1. The number of carbonyl (C=O) groups is 1. The summed E-state index contributed by atoms with van der Waals surface area (Å²) in [7, 11) is 0. The molecule has 0 aromatic carbocycles. The third-order valence-electron chi connectivity index (χ3n) is 3.93. The predicted octanol–water partition coefficient (Wildman–Crippen LogP) is 6.02. The van der Waals surface area contributed by atoms with Crippen LogP contribution in [0.3, 0.4) is 0 Å². The Hall–Kier alpha value is -0.790. The number of unbranched alkanes of at least 4 members (excludes halogenated alkanes) is 11. The fourth-order valence-electron chi connectivity index (χ4n) is 2.48. The zero-order valence-corrected chi connectivity index (χ0v) is 15.3. The van der Waals surface area contributed by atoms with Gasteiger partial charge in [0.05, 0.1) is 0 Å². The van der Waals surface area contributed by atoms with E-state index in [1.54, 1.807) is 6.08 Å². The quantitative estimate of drug-likeness (QED) is 0.291. The summed E-state index contributed by atoms with van der Waals surface area (Å²) in [5.74, 6) is 0.570. The van der Waals surface area contributed by atoms with Gasteiger partial charge in [0.15, 0.2) is 0 Å². The molecule has 2 nitrogen and oxygen atoms in total. The monoisotopic (exact) mass is 309 g/mol. The number of nitrogens with one attached hydrogen (secondary N) is 1. The molecule has 0 rings (SSSR count). The second-order valence-electron chi connectivity index (χ2n) is 6.87. The highest BCUT2D eigenvalue weighted by Gasteiger charge is 1.97. The van der Waals surface area contributed by atoms with E-state index in [2.05, 4.69) is 26.1 Å². The van der Waals surface area contributed by atoms with Crippen molar-refractivity contribution in [1.82, 2.24) is 5.32 Å². The number of amides is 1. The topological polar surface area (TPSA) is 29.1 Å². The van der Waals surface area contributed by atoms with E-state index in [1.165, 1.54) is 70.6 Å². The molecule has 0 aromatic heterocycles. The number of allylic oxidation sites excluding steroid dienone is 1. The molecule has 0 unspecified atom stereocenters. The largest absolute Gasteiger partial charge is 0.352 e. The summed E-state index contributed by atoms with van der Waals surface area (Å²) < 4.78 is 0. The molecule has 0 saturated heterocycles. The van der Waals surface area contributed by atoms with Crippen molar-refractivity contribution >= 4 is 5.91 Å². The van der Waals surface area contributed by atoms with E-state index >= 15 is 0 Å². The normalized spacial score (nSPS) is 11.5. The maximum atomic E-state index is 11.5. The molecule has 0 heterocycles. The number of hydrogen-bond acceptors (Lipinski definition) is 1. The molecule has 0 bridgehead atoms. The molecule has 1 N–H and O–H groups in total. The van der Waals surface area contributed by atoms with E-state index in [-0.39, 0.29) is 5.91 Å². The summed E-state index contributed by atoms with van der Waals surface area (Å²) in [5.41, 5.74) is 0. The third-order valence-corrected chi connectivity index (χ3v) is 3.93. The van der Waals surface area contributed by atoms with Gasteiger partial charge in [-0.15, -0.1) is 0 Å². The van der Waals surface area contributed by atoms with Gasteiger partial charge >= 0.3 is 0 Å². The molecule has 0 saturated carbocycles. The minimum absolute atomic E-state index is 0.0526. The van der Waals surface area contributed by atoms with Crippen molar-refractivity contribution in [2.24, 2.45) is 5.92 Å². The molecule has 0 aromatic rings. The van der Waals surface area contributed by atoms with Crippen LogP contribution < -0.4 is 5.32 Å². The van der Waals surface area contributed by atoms with Gasteiger partial charge in [0, 0.05) is 6.54 Å². The SMILES string of the molecule is CCCCCCCCCCCCC/C=C/C(=O)NCC(C)C. The first-order chi connectivity index (χ1) is 10.7. The van der Waals surface area contributed by atoms with Crippen LogP contribution in [0, 0.1) is 5.92 Å². The first-order valence-corrected chi connectivity index (χ1v) is 9.61. The molecular weight excluding hydrogens is 270 g/mol. The van der Waals surface area contributed by atoms with Crippen LogP contribution in [-0.4, -0.2) is 12.5 Å². The Balaban J connectivity index is 3.21. The smallest absolute Gasteiger partial charge is 0.243 e. The maximum absolute atomic E-state index is 11.5. The van der Waals surface area contributed by atoms with E-state index < -0.39 is 0 Å². The Morgan fingerprint density at radius 1 is 0.864 bits per heavy atom. The minimum Gasteiger partial charge on any atom is -0.352 e. The van der Waals surface area contributed by atoms with Crippen LogP contribution in [0.25, 0.3) is 0 Å². The van der Waals surface area contributed by atoms with Crippen molar-refractivity contribution in [3.8, 4) is 0 Å². The lowest BCUT2D eigenvalue weighted by Gasteiger charge is -2.04. The number of rotatable bonds is 15. The fraction of sp³-hybridized carbons (Fsp3) is 0.850. The first kappa shape index (κ1) is 21.2. The Kier molecular flexibility index (Phi) is 16.0. The second-order valence-corrected chi connectivity index (χ2v) is 6.87. The molecule has 0 atom stereocenters. The molecular formula is C20H39NO. The van der Waals surface area contributed by atoms with Crippen LogP contribution in [0.15, 0.2) is 12.2 Å². The summed E-state index contributed by atoms with van der Waals surface area (Å²) >= 11 is 0. The lowest BCUT2D eigenvalue weighted by molar-refractivity contribution is -0.116. The summed E-state index contributed by atoms with van der Waals surface area (Å²) in [5, 5.41) is 2.90. The number of hydrogen-bond donors (Lipinski definition) is 1. The average molecular weight is 310 g/mol. The Morgan fingerprint density at radius 3 is 1.86 bits per heavy atom. The summed E-state index contributed by atoms with van der Waals surface area (Å²) in [6.45, 7) is 7.25. The van der Waals surface area contributed by atoms with Crippen LogP contribution >= 0.6 is 0 Å². The molecule has 2 heteroatoms. The van der Waals surface area contributed by atoms with Crippen LogP contribution in [0.1, 0.15) is 97.8 Å². The molecule has 130 valence electrons. The van der Waals surface area contributed by atoms with E-state index in [1.807, 2.05) is 6.08 Å². The summed E-state index contributed by atoms with van der Waals surface area (Å²) in [6, 6.07) is 0. The zero-order valence-electron chi connectivity index (χ0n) is 15.3. The van der Waals surface area contributed by atoms with Crippen molar-refractivity contribution in [3.63, 3.8) is 0 Å². The molecule has 0 aliphatic carbocycles. The van der Waals surface area contributed by atoms with Gasteiger partial charge in [-0.2, -0.15) is 0 Å². The van der Waals surface area contributed by atoms with Gasteiger partial charge in [-0.05, 0) is 24.8 Å². The molecule has 22 heavy (non-hydrogen) atoms. The van der Waals surface area contributed by atoms with Gasteiger partial charge in [-0.1, -0.05) is 91.1 Å². The average Bonchev–Trinajstić information content (AvgIpc) is 2.49. The van der Waals surface area contributed by atoms with Gasteiger partial charge in [-0.3, -0.25) is 4.79 Å². The van der Waals surface area contributed by atoms with Crippen LogP contribution in [0.2, 0.25) is 0 Å². The second kappa shape index (κ2) is 16.6. The molecule has 0 fully saturated rings.